The lowest BCUT2D eigenvalue weighted by Crippen LogP contribution is -2.49. The van der Waals surface area contributed by atoms with Crippen LogP contribution < -0.4 is 5.32 Å². The number of methoxy groups -OCH3 is 2. The molecule has 0 bridgehead atoms. The molecule has 0 aromatic heterocycles. The lowest BCUT2D eigenvalue weighted by Gasteiger charge is -2.40. The molecule has 0 spiro atoms. The van der Waals surface area contributed by atoms with Gasteiger partial charge in [-0.1, -0.05) is 12.1 Å². The molecule has 2 amide bonds. The van der Waals surface area contributed by atoms with Crippen LogP contribution in [0.5, 0.6) is 0 Å². The van der Waals surface area contributed by atoms with E-state index < -0.39 is 12.0 Å². The van der Waals surface area contributed by atoms with Gasteiger partial charge in [0.05, 0.1) is 25.2 Å². The molecule has 0 aliphatic carbocycles. The number of amides is 2. The van der Waals surface area contributed by atoms with Gasteiger partial charge in [0.15, 0.2) is 0 Å². The Hall–Kier alpha value is -1.99. The number of rotatable bonds is 8. The fourth-order valence-electron chi connectivity index (χ4n) is 3.16. The molecule has 1 fully saturated rings. The third kappa shape index (κ3) is 4.99. The molecule has 0 unspecified atom stereocenters. The first-order valence-electron chi connectivity index (χ1n) is 8.39. The van der Waals surface area contributed by atoms with Crippen molar-refractivity contribution in [3.63, 3.8) is 0 Å². The number of ether oxygens (including phenoxy) is 2. The van der Waals surface area contributed by atoms with Gasteiger partial charge >= 0.3 is 0 Å². The van der Waals surface area contributed by atoms with Crippen LogP contribution in [0.2, 0.25) is 0 Å². The lowest BCUT2D eigenvalue weighted by atomic mass is 9.83. The van der Waals surface area contributed by atoms with E-state index in [1.807, 2.05) is 0 Å². The molecule has 1 aliphatic rings. The molecular weight excluding hydrogens is 327 g/mol. The van der Waals surface area contributed by atoms with Gasteiger partial charge in [0.1, 0.15) is 5.82 Å². The Balaban J connectivity index is 2.26. The molecule has 1 N–H and O–H groups in total. The smallest absolute Gasteiger partial charge is 0.225 e. The second-order valence-electron chi connectivity index (χ2n) is 6.01. The van der Waals surface area contributed by atoms with Crippen molar-refractivity contribution < 1.29 is 23.5 Å². The van der Waals surface area contributed by atoms with Crippen LogP contribution in [0, 0.1) is 11.7 Å². The maximum absolute atomic E-state index is 13.3. The van der Waals surface area contributed by atoms with Crippen LogP contribution in [-0.2, 0) is 19.1 Å². The normalized spacial score (nSPS) is 20.6. The van der Waals surface area contributed by atoms with Crippen molar-refractivity contribution in [2.24, 2.45) is 5.92 Å². The molecular formula is C18H25FN2O4. The number of carbonyl (C=O) groups excluding carboxylic acids is 2. The Bertz CT molecular complexity index is 579. The minimum atomic E-state index is -0.431. The summed E-state index contributed by atoms with van der Waals surface area (Å²) in [5.41, 5.74) is 0.748. The van der Waals surface area contributed by atoms with Gasteiger partial charge in [-0.3, -0.25) is 9.59 Å². The van der Waals surface area contributed by atoms with Gasteiger partial charge in [0.2, 0.25) is 11.8 Å². The summed E-state index contributed by atoms with van der Waals surface area (Å²) in [6, 6.07) is 5.53. The van der Waals surface area contributed by atoms with E-state index in [0.29, 0.717) is 39.1 Å². The average molecular weight is 352 g/mol. The zero-order valence-corrected chi connectivity index (χ0v) is 14.7. The molecule has 0 radical (unpaired) electrons. The van der Waals surface area contributed by atoms with E-state index >= 15 is 0 Å². The molecule has 2 atom stereocenters. The topological polar surface area (TPSA) is 67.9 Å². The first-order chi connectivity index (χ1) is 12.1. The molecule has 1 saturated heterocycles. The summed E-state index contributed by atoms with van der Waals surface area (Å²) in [6.45, 7) is 1.60. The van der Waals surface area contributed by atoms with Crippen molar-refractivity contribution >= 4 is 11.8 Å². The molecule has 2 rings (SSSR count). The molecule has 7 heteroatoms. The second kappa shape index (κ2) is 9.48. The fraction of sp³-hybridized carbons (Fsp3) is 0.556. The van der Waals surface area contributed by atoms with E-state index in [0.717, 1.165) is 5.56 Å². The summed E-state index contributed by atoms with van der Waals surface area (Å²) >= 11 is 0. The van der Waals surface area contributed by atoms with E-state index in [4.69, 9.17) is 9.47 Å². The summed E-state index contributed by atoms with van der Waals surface area (Å²) in [7, 11) is 3.13. The summed E-state index contributed by atoms with van der Waals surface area (Å²) in [4.78, 5) is 26.7. The van der Waals surface area contributed by atoms with Crippen molar-refractivity contribution in [2.75, 3.05) is 40.5 Å². The Morgan fingerprint density at radius 1 is 1.24 bits per heavy atom. The predicted molar refractivity (Wildman–Crippen MR) is 90.3 cm³/mol. The summed E-state index contributed by atoms with van der Waals surface area (Å²) in [5, 5.41) is 2.85. The van der Waals surface area contributed by atoms with Gasteiger partial charge in [0, 0.05) is 33.7 Å². The Morgan fingerprint density at radius 3 is 2.56 bits per heavy atom. The van der Waals surface area contributed by atoms with Crippen LogP contribution in [0.4, 0.5) is 4.39 Å². The van der Waals surface area contributed by atoms with Crippen LogP contribution in [-0.4, -0.2) is 57.2 Å². The van der Waals surface area contributed by atoms with Crippen LogP contribution in [0.25, 0.3) is 0 Å². The molecule has 6 nitrogen and oxygen atoms in total. The predicted octanol–water partition coefficient (Wildman–Crippen LogP) is 1.51. The Kier molecular flexibility index (Phi) is 7.33. The molecule has 0 saturated carbocycles. The number of hydrogen-bond acceptors (Lipinski definition) is 4. The van der Waals surface area contributed by atoms with Gasteiger partial charge in [-0.25, -0.2) is 4.39 Å². The van der Waals surface area contributed by atoms with Crippen molar-refractivity contribution in [1.29, 1.82) is 0 Å². The SMILES string of the molecule is COCCNC(=O)[C@@H]1CCC(=O)N(CCOC)[C@H]1c1ccc(F)cc1. The van der Waals surface area contributed by atoms with E-state index in [9.17, 15) is 14.0 Å². The highest BCUT2D eigenvalue weighted by molar-refractivity contribution is 5.85. The molecule has 1 heterocycles. The Morgan fingerprint density at radius 2 is 1.92 bits per heavy atom. The second-order valence-corrected chi connectivity index (χ2v) is 6.01. The fourth-order valence-corrected chi connectivity index (χ4v) is 3.16. The number of likely N-dealkylation sites (tertiary alicyclic amines) is 1. The van der Waals surface area contributed by atoms with Crippen LogP contribution >= 0.6 is 0 Å². The lowest BCUT2D eigenvalue weighted by molar-refractivity contribution is -0.144. The van der Waals surface area contributed by atoms with E-state index in [2.05, 4.69) is 5.32 Å². The minimum absolute atomic E-state index is 0.0210. The summed E-state index contributed by atoms with van der Waals surface area (Å²) in [6.07, 6.45) is 0.771. The maximum Gasteiger partial charge on any atom is 0.225 e. The van der Waals surface area contributed by atoms with Gasteiger partial charge < -0.3 is 19.7 Å². The molecule has 1 aliphatic heterocycles. The Labute approximate surface area is 147 Å². The highest BCUT2D eigenvalue weighted by Gasteiger charge is 2.40. The van der Waals surface area contributed by atoms with Gasteiger partial charge in [-0.15, -0.1) is 0 Å². The van der Waals surface area contributed by atoms with Crippen LogP contribution in [0.3, 0.4) is 0 Å². The number of halogens is 1. The first kappa shape index (κ1) is 19.3. The minimum Gasteiger partial charge on any atom is -0.383 e. The standard InChI is InChI=1S/C18H25FN2O4/c1-24-11-9-20-18(23)15-7-8-16(22)21(10-12-25-2)17(15)13-3-5-14(19)6-4-13/h3-6,15,17H,7-12H2,1-2H3,(H,20,23)/t15-,17+/m1/s1. The molecule has 138 valence electrons. The van der Waals surface area contributed by atoms with Crippen LogP contribution in [0.1, 0.15) is 24.4 Å². The average Bonchev–Trinajstić information content (AvgIpc) is 2.61. The zero-order chi connectivity index (χ0) is 18.2. The van der Waals surface area contributed by atoms with E-state index in [-0.39, 0.29) is 17.6 Å². The van der Waals surface area contributed by atoms with Crippen molar-refractivity contribution in [3.05, 3.63) is 35.6 Å². The highest BCUT2D eigenvalue weighted by Crippen LogP contribution is 2.36. The molecule has 25 heavy (non-hydrogen) atoms. The number of nitrogens with zero attached hydrogens (tertiary/aromatic N) is 1. The van der Waals surface area contributed by atoms with Gasteiger partial charge in [-0.2, -0.15) is 0 Å². The summed E-state index contributed by atoms with van der Waals surface area (Å²) in [5.74, 6) is -0.888. The van der Waals surface area contributed by atoms with Gasteiger partial charge in [-0.05, 0) is 24.1 Å². The number of piperidine rings is 1. The quantitative estimate of drug-likeness (QED) is 0.720. The van der Waals surface area contributed by atoms with E-state index in [1.165, 1.54) is 12.1 Å². The maximum atomic E-state index is 13.3. The van der Waals surface area contributed by atoms with Crippen molar-refractivity contribution in [1.82, 2.24) is 10.2 Å². The number of nitrogens with one attached hydrogen (secondary N) is 1. The van der Waals surface area contributed by atoms with Crippen LogP contribution in [0.15, 0.2) is 24.3 Å². The largest absolute Gasteiger partial charge is 0.383 e. The molecule has 1 aromatic rings. The zero-order valence-electron chi connectivity index (χ0n) is 14.7. The number of benzene rings is 1. The van der Waals surface area contributed by atoms with Crippen molar-refractivity contribution in [2.45, 2.75) is 18.9 Å². The van der Waals surface area contributed by atoms with E-state index in [1.54, 1.807) is 31.3 Å². The monoisotopic (exact) mass is 352 g/mol. The highest BCUT2D eigenvalue weighted by atomic mass is 19.1. The third-order valence-electron chi connectivity index (χ3n) is 4.40. The number of hydrogen-bond donors (Lipinski definition) is 1. The number of carbonyl (C=O) groups is 2. The first-order valence-corrected chi connectivity index (χ1v) is 8.39. The molecule has 1 aromatic carbocycles. The van der Waals surface area contributed by atoms with Gasteiger partial charge in [0.25, 0.3) is 0 Å². The van der Waals surface area contributed by atoms with Crippen molar-refractivity contribution in [3.8, 4) is 0 Å². The summed E-state index contributed by atoms with van der Waals surface area (Å²) < 4.78 is 23.4. The third-order valence-corrected chi connectivity index (χ3v) is 4.40.